The molecule has 142 valence electrons. The van der Waals surface area contributed by atoms with Crippen LogP contribution in [0.5, 0.6) is 0 Å². The van der Waals surface area contributed by atoms with Crippen molar-refractivity contribution in [1.82, 2.24) is 9.55 Å². The van der Waals surface area contributed by atoms with Crippen LogP contribution in [0.3, 0.4) is 0 Å². The molecule has 1 aromatic carbocycles. The average molecular weight is 357 g/mol. The summed E-state index contributed by atoms with van der Waals surface area (Å²) >= 11 is 0. The highest BCUT2D eigenvalue weighted by Crippen LogP contribution is 2.33. The van der Waals surface area contributed by atoms with Gasteiger partial charge in [0.15, 0.2) is 5.79 Å². The number of benzene rings is 1. The van der Waals surface area contributed by atoms with Crippen molar-refractivity contribution in [2.45, 2.75) is 79.2 Å². The third-order valence-corrected chi connectivity index (χ3v) is 6.20. The first kappa shape index (κ1) is 19.1. The van der Waals surface area contributed by atoms with E-state index in [0.717, 1.165) is 25.9 Å². The monoisotopic (exact) mass is 356 g/mol. The predicted molar refractivity (Wildman–Crippen MR) is 105 cm³/mol. The normalized spacial score (nSPS) is 23.4. The molecule has 2 unspecified atom stereocenters. The van der Waals surface area contributed by atoms with Gasteiger partial charge >= 0.3 is 0 Å². The Balaban J connectivity index is 1.87. The second kappa shape index (κ2) is 7.53. The lowest BCUT2D eigenvalue weighted by Gasteiger charge is -2.40. The summed E-state index contributed by atoms with van der Waals surface area (Å²) in [4.78, 5) is 4.17. The van der Waals surface area contributed by atoms with Crippen LogP contribution in [0.4, 0.5) is 0 Å². The van der Waals surface area contributed by atoms with Gasteiger partial charge in [0, 0.05) is 18.8 Å². The van der Waals surface area contributed by atoms with Gasteiger partial charge in [0.25, 0.3) is 0 Å². The van der Waals surface area contributed by atoms with Crippen molar-refractivity contribution in [3.05, 3.63) is 52.1 Å². The van der Waals surface area contributed by atoms with Crippen molar-refractivity contribution in [3.63, 3.8) is 0 Å². The Morgan fingerprint density at radius 3 is 2.31 bits per heavy atom. The number of nitrogens with zero attached hydrogens (tertiary/aromatic N) is 2. The molecule has 1 saturated heterocycles. The largest absolute Gasteiger partial charge is 0.348 e. The Morgan fingerprint density at radius 1 is 1.08 bits per heavy atom. The molecule has 0 bridgehead atoms. The van der Waals surface area contributed by atoms with E-state index in [-0.39, 0.29) is 6.10 Å². The van der Waals surface area contributed by atoms with E-state index < -0.39 is 5.79 Å². The molecule has 2 aromatic rings. The number of rotatable bonds is 5. The second-order valence-electron chi connectivity index (χ2n) is 7.81. The van der Waals surface area contributed by atoms with Gasteiger partial charge < -0.3 is 14.0 Å². The fraction of sp³-hybridized carbons (Fsp3) is 0.591. The van der Waals surface area contributed by atoms with E-state index in [1.807, 2.05) is 12.5 Å². The fourth-order valence-electron chi connectivity index (χ4n) is 4.09. The molecular weight excluding hydrogens is 324 g/mol. The molecule has 26 heavy (non-hydrogen) atoms. The molecule has 3 rings (SSSR count). The van der Waals surface area contributed by atoms with Gasteiger partial charge in [0.05, 0.1) is 25.6 Å². The van der Waals surface area contributed by atoms with Crippen LogP contribution in [0, 0.1) is 34.6 Å². The van der Waals surface area contributed by atoms with E-state index in [1.165, 1.54) is 33.4 Å². The maximum absolute atomic E-state index is 6.36. The van der Waals surface area contributed by atoms with Gasteiger partial charge in [-0.05, 0) is 87.8 Å². The highest BCUT2D eigenvalue weighted by atomic mass is 16.7. The Morgan fingerprint density at radius 2 is 1.73 bits per heavy atom. The van der Waals surface area contributed by atoms with E-state index >= 15 is 0 Å². The third-order valence-electron chi connectivity index (χ3n) is 6.20. The van der Waals surface area contributed by atoms with Crippen LogP contribution in [0.25, 0.3) is 0 Å². The molecule has 0 aliphatic carbocycles. The molecule has 4 heteroatoms. The first-order chi connectivity index (χ1) is 12.3. The summed E-state index contributed by atoms with van der Waals surface area (Å²) < 4.78 is 14.6. The molecule has 2 atom stereocenters. The van der Waals surface area contributed by atoms with E-state index in [9.17, 15) is 0 Å². The summed E-state index contributed by atoms with van der Waals surface area (Å²) in [5.74, 6) is -0.579. The van der Waals surface area contributed by atoms with E-state index in [0.29, 0.717) is 6.54 Å². The number of aromatic nitrogens is 2. The van der Waals surface area contributed by atoms with Crippen molar-refractivity contribution in [3.8, 4) is 0 Å². The molecule has 0 N–H and O–H groups in total. The number of hydrogen-bond acceptors (Lipinski definition) is 3. The van der Waals surface area contributed by atoms with Gasteiger partial charge in [-0.1, -0.05) is 0 Å². The van der Waals surface area contributed by atoms with Crippen LogP contribution in [0.2, 0.25) is 0 Å². The van der Waals surface area contributed by atoms with Crippen molar-refractivity contribution >= 4 is 0 Å². The summed E-state index contributed by atoms with van der Waals surface area (Å²) in [7, 11) is 0. The minimum atomic E-state index is -0.579. The van der Waals surface area contributed by atoms with Gasteiger partial charge in [-0.15, -0.1) is 0 Å². The van der Waals surface area contributed by atoms with Gasteiger partial charge in [-0.3, -0.25) is 0 Å². The molecule has 0 saturated carbocycles. The lowest BCUT2D eigenvalue weighted by atomic mass is 9.86. The average Bonchev–Trinajstić information content (AvgIpc) is 3.11. The number of imidazole rings is 1. The van der Waals surface area contributed by atoms with Crippen molar-refractivity contribution in [2.24, 2.45) is 0 Å². The van der Waals surface area contributed by atoms with E-state index in [1.54, 1.807) is 6.20 Å². The van der Waals surface area contributed by atoms with E-state index in [4.69, 9.17) is 9.47 Å². The molecule has 0 amide bonds. The molecule has 0 spiro atoms. The maximum Gasteiger partial charge on any atom is 0.186 e. The Bertz CT molecular complexity index is 738. The number of ether oxygens (including phenoxy) is 2. The molecule has 1 aliphatic rings. The quantitative estimate of drug-likeness (QED) is 0.787. The highest BCUT2D eigenvalue weighted by Gasteiger charge is 2.37. The fourth-order valence-corrected chi connectivity index (χ4v) is 4.09. The van der Waals surface area contributed by atoms with Crippen LogP contribution in [-0.2, 0) is 22.4 Å². The maximum atomic E-state index is 6.36. The van der Waals surface area contributed by atoms with Crippen LogP contribution in [-0.4, -0.2) is 28.0 Å². The SMILES string of the molecule is Cc1c(C)c(C)c(CCC2(Cn3ccnc3)OCCC(C)O2)c(C)c1C. The summed E-state index contributed by atoms with van der Waals surface area (Å²) in [5.41, 5.74) is 8.49. The van der Waals surface area contributed by atoms with Crippen LogP contribution >= 0.6 is 0 Å². The molecule has 4 nitrogen and oxygen atoms in total. The lowest BCUT2D eigenvalue weighted by molar-refractivity contribution is -0.298. The standard InChI is InChI=1S/C22H32N2O2/c1-15-8-12-25-22(26-15,13-24-11-10-23-14-24)9-7-21-19(5)17(3)16(2)18(4)20(21)6/h10-11,14-15H,7-9,12-13H2,1-6H3. The highest BCUT2D eigenvalue weighted by molar-refractivity contribution is 5.49. The van der Waals surface area contributed by atoms with Crippen LogP contribution in [0.15, 0.2) is 18.7 Å². The molecule has 0 radical (unpaired) electrons. The van der Waals surface area contributed by atoms with Crippen molar-refractivity contribution in [2.75, 3.05) is 6.61 Å². The molecule has 1 aliphatic heterocycles. The molecule has 2 heterocycles. The zero-order valence-corrected chi connectivity index (χ0v) is 17.1. The van der Waals surface area contributed by atoms with Gasteiger partial charge in [0.1, 0.15) is 0 Å². The third kappa shape index (κ3) is 3.72. The van der Waals surface area contributed by atoms with Crippen LogP contribution < -0.4 is 0 Å². The summed E-state index contributed by atoms with van der Waals surface area (Å²) in [6, 6.07) is 0. The first-order valence-electron chi connectivity index (χ1n) is 9.66. The van der Waals surface area contributed by atoms with Gasteiger partial charge in [-0.25, -0.2) is 4.98 Å². The molecule has 1 fully saturated rings. The molecule has 1 aromatic heterocycles. The minimum absolute atomic E-state index is 0.218. The Kier molecular flexibility index (Phi) is 5.54. The molecular formula is C22H32N2O2. The zero-order chi connectivity index (χ0) is 18.9. The minimum Gasteiger partial charge on any atom is -0.348 e. The first-order valence-corrected chi connectivity index (χ1v) is 9.66. The predicted octanol–water partition coefficient (Wildman–Crippen LogP) is 4.58. The summed E-state index contributed by atoms with van der Waals surface area (Å²) in [5, 5.41) is 0. The van der Waals surface area contributed by atoms with Crippen molar-refractivity contribution in [1.29, 1.82) is 0 Å². The Labute approximate surface area is 157 Å². The van der Waals surface area contributed by atoms with Crippen LogP contribution in [0.1, 0.15) is 53.1 Å². The number of hydrogen-bond donors (Lipinski definition) is 0. The van der Waals surface area contributed by atoms with Gasteiger partial charge in [0.2, 0.25) is 0 Å². The van der Waals surface area contributed by atoms with Crippen molar-refractivity contribution < 1.29 is 9.47 Å². The second-order valence-corrected chi connectivity index (χ2v) is 7.81. The topological polar surface area (TPSA) is 36.3 Å². The smallest absolute Gasteiger partial charge is 0.186 e. The lowest BCUT2D eigenvalue weighted by Crippen LogP contribution is -2.47. The summed E-state index contributed by atoms with van der Waals surface area (Å²) in [6.07, 6.45) is 8.60. The van der Waals surface area contributed by atoms with E-state index in [2.05, 4.69) is 51.1 Å². The van der Waals surface area contributed by atoms with Gasteiger partial charge in [-0.2, -0.15) is 0 Å². The summed E-state index contributed by atoms with van der Waals surface area (Å²) in [6.45, 7) is 14.8. The Hall–Kier alpha value is -1.65. The zero-order valence-electron chi connectivity index (χ0n) is 17.1.